The fourth-order valence-corrected chi connectivity index (χ4v) is 3.45. The Morgan fingerprint density at radius 2 is 1.75 bits per heavy atom. The molecular weight excluding hydrogens is 352 g/mol. The number of hydrogen-bond acceptors (Lipinski definition) is 4. The number of aliphatic carboxylic acids is 1. The second-order valence-corrected chi connectivity index (χ2v) is 6.91. The van der Waals surface area contributed by atoms with Crippen molar-refractivity contribution >= 4 is 23.2 Å². The normalized spacial score (nSPS) is 12.9. The van der Waals surface area contributed by atoms with Gasteiger partial charge in [0.25, 0.3) is 0 Å². The first kappa shape index (κ1) is 21.3. The Morgan fingerprint density at radius 1 is 1.14 bits per heavy atom. The Labute approximate surface area is 166 Å². The van der Waals surface area contributed by atoms with E-state index in [9.17, 15) is 9.90 Å². The molecule has 6 nitrogen and oxygen atoms in total. The van der Waals surface area contributed by atoms with E-state index in [2.05, 4.69) is 30.1 Å². The van der Waals surface area contributed by atoms with E-state index < -0.39 is 11.5 Å². The van der Waals surface area contributed by atoms with Crippen LogP contribution < -0.4 is 16.0 Å². The monoisotopic (exact) mass is 382 g/mol. The zero-order chi connectivity index (χ0) is 20.9. The molecule has 1 unspecified atom stereocenters. The maximum Gasteiger partial charge on any atom is 0.334 e. The van der Waals surface area contributed by atoms with Crippen molar-refractivity contribution in [3.05, 3.63) is 59.2 Å². The maximum atomic E-state index is 12.4. The number of carboxylic acid groups (broad SMARTS) is 1. The number of aryl methyl sites for hydroxylation is 1. The van der Waals surface area contributed by atoms with Crippen LogP contribution in [-0.2, 0) is 10.3 Å². The highest BCUT2D eigenvalue weighted by Gasteiger charge is 2.39. The molecule has 6 heteroatoms. The minimum absolute atomic E-state index is 0.0194. The van der Waals surface area contributed by atoms with Gasteiger partial charge in [-0.3, -0.25) is 5.41 Å². The number of rotatable bonds is 9. The number of carbonyl (C=O) groups is 1. The molecule has 2 aromatic carbocycles. The molecule has 2 aromatic rings. The summed E-state index contributed by atoms with van der Waals surface area (Å²) >= 11 is 0. The van der Waals surface area contributed by atoms with Gasteiger partial charge in [-0.2, -0.15) is 0 Å². The van der Waals surface area contributed by atoms with Gasteiger partial charge in [-0.25, -0.2) is 4.79 Å². The fraction of sp³-hybridized carbons (Fsp3) is 0.364. The van der Waals surface area contributed by atoms with Crippen molar-refractivity contribution in [2.75, 3.05) is 23.3 Å². The number of hydrogen-bond donors (Lipinski definition) is 4. The van der Waals surface area contributed by atoms with Crippen LogP contribution in [0.4, 0.5) is 11.4 Å². The Bertz CT molecular complexity index is 844. The SMILES string of the molecule is CCN(CC)c1cc(C)cc(C(CC)(Nc2ccc(C(=N)N)cc2)C(=O)O)c1. The van der Waals surface area contributed by atoms with E-state index in [4.69, 9.17) is 11.1 Å². The molecule has 5 N–H and O–H groups in total. The van der Waals surface area contributed by atoms with E-state index in [1.807, 2.05) is 26.0 Å². The van der Waals surface area contributed by atoms with Gasteiger partial charge in [0.15, 0.2) is 5.54 Å². The molecule has 1 atom stereocenters. The molecule has 0 heterocycles. The van der Waals surface area contributed by atoms with Crippen molar-refractivity contribution in [1.82, 2.24) is 0 Å². The lowest BCUT2D eigenvalue weighted by Crippen LogP contribution is -2.43. The molecule has 0 spiro atoms. The summed E-state index contributed by atoms with van der Waals surface area (Å²) in [5.41, 5.74) is 8.28. The molecule has 0 saturated heterocycles. The average molecular weight is 383 g/mol. The third kappa shape index (κ3) is 4.27. The summed E-state index contributed by atoms with van der Waals surface area (Å²) in [5, 5.41) is 20.9. The number of nitrogens with two attached hydrogens (primary N) is 1. The standard InChI is InChI=1S/C22H30N4O2/c1-5-22(21(27)28,25-18-10-8-16(9-11-18)20(23)24)17-12-15(4)13-19(14-17)26(6-2)7-3/h8-14,25H,5-7H2,1-4H3,(H3,23,24)(H,27,28). The lowest BCUT2D eigenvalue weighted by Gasteiger charge is -2.33. The predicted octanol–water partition coefficient (Wildman–Crippen LogP) is 3.93. The van der Waals surface area contributed by atoms with E-state index in [0.29, 0.717) is 17.7 Å². The summed E-state index contributed by atoms with van der Waals surface area (Å²) in [6, 6.07) is 12.9. The van der Waals surface area contributed by atoms with E-state index in [-0.39, 0.29) is 5.84 Å². The quantitative estimate of drug-likeness (QED) is 0.389. The summed E-state index contributed by atoms with van der Waals surface area (Å²) in [5.74, 6) is -0.948. The summed E-state index contributed by atoms with van der Waals surface area (Å²) < 4.78 is 0. The molecule has 0 fully saturated rings. The Balaban J connectivity index is 2.53. The molecule has 28 heavy (non-hydrogen) atoms. The zero-order valence-corrected chi connectivity index (χ0v) is 17.0. The van der Waals surface area contributed by atoms with Crippen LogP contribution >= 0.6 is 0 Å². The topological polar surface area (TPSA) is 102 Å². The van der Waals surface area contributed by atoms with Gasteiger partial charge in [-0.15, -0.1) is 0 Å². The van der Waals surface area contributed by atoms with E-state index in [1.54, 1.807) is 24.3 Å². The second-order valence-electron chi connectivity index (χ2n) is 6.91. The van der Waals surface area contributed by atoms with Gasteiger partial charge in [0.1, 0.15) is 5.84 Å². The van der Waals surface area contributed by atoms with Crippen molar-refractivity contribution in [1.29, 1.82) is 5.41 Å². The minimum Gasteiger partial charge on any atom is -0.479 e. The summed E-state index contributed by atoms with van der Waals surface area (Å²) in [6.45, 7) is 9.73. The third-order valence-electron chi connectivity index (χ3n) is 5.13. The van der Waals surface area contributed by atoms with Crippen LogP contribution in [0.2, 0.25) is 0 Å². The zero-order valence-electron chi connectivity index (χ0n) is 17.0. The van der Waals surface area contributed by atoms with Gasteiger partial charge in [0.2, 0.25) is 0 Å². The second kappa shape index (κ2) is 8.78. The molecule has 0 aliphatic rings. The van der Waals surface area contributed by atoms with Gasteiger partial charge in [0.05, 0.1) is 0 Å². The minimum atomic E-state index is -1.26. The molecule has 0 radical (unpaired) electrons. The van der Waals surface area contributed by atoms with Gasteiger partial charge in [0, 0.05) is 30.0 Å². The van der Waals surface area contributed by atoms with Gasteiger partial charge in [-0.05, 0) is 74.7 Å². The molecule has 0 saturated carbocycles. The number of carboxylic acids is 1. The number of nitrogens with zero attached hydrogens (tertiary/aromatic N) is 1. The third-order valence-corrected chi connectivity index (χ3v) is 5.13. The van der Waals surface area contributed by atoms with Crippen LogP contribution in [0, 0.1) is 12.3 Å². The van der Waals surface area contributed by atoms with E-state index in [0.717, 1.165) is 29.9 Å². The van der Waals surface area contributed by atoms with Crippen molar-refractivity contribution in [3.8, 4) is 0 Å². The molecule has 0 aliphatic carbocycles. The van der Waals surface area contributed by atoms with Crippen LogP contribution in [-0.4, -0.2) is 30.0 Å². The lowest BCUT2D eigenvalue weighted by molar-refractivity contribution is -0.142. The smallest absolute Gasteiger partial charge is 0.334 e. The highest BCUT2D eigenvalue weighted by atomic mass is 16.4. The molecule has 0 aromatic heterocycles. The Hall–Kier alpha value is -3.02. The predicted molar refractivity (Wildman–Crippen MR) is 115 cm³/mol. The highest BCUT2D eigenvalue weighted by molar-refractivity contribution is 5.95. The largest absolute Gasteiger partial charge is 0.479 e. The summed E-state index contributed by atoms with van der Waals surface area (Å²) in [6.07, 6.45) is 0.373. The highest BCUT2D eigenvalue weighted by Crippen LogP contribution is 2.34. The van der Waals surface area contributed by atoms with Crippen LogP contribution in [0.15, 0.2) is 42.5 Å². The fourth-order valence-electron chi connectivity index (χ4n) is 3.45. The first-order valence-corrected chi connectivity index (χ1v) is 9.60. The number of anilines is 2. The lowest BCUT2D eigenvalue weighted by atomic mass is 9.85. The van der Waals surface area contributed by atoms with Crippen LogP contribution in [0.5, 0.6) is 0 Å². The van der Waals surface area contributed by atoms with Gasteiger partial charge < -0.3 is 21.1 Å². The van der Waals surface area contributed by atoms with Crippen LogP contribution in [0.25, 0.3) is 0 Å². The van der Waals surface area contributed by atoms with Gasteiger partial charge >= 0.3 is 5.97 Å². The number of nitrogens with one attached hydrogen (secondary N) is 2. The summed E-state index contributed by atoms with van der Waals surface area (Å²) in [4.78, 5) is 14.6. The number of benzene rings is 2. The molecule has 0 bridgehead atoms. The van der Waals surface area contributed by atoms with E-state index >= 15 is 0 Å². The Morgan fingerprint density at radius 3 is 2.21 bits per heavy atom. The maximum absolute atomic E-state index is 12.4. The summed E-state index contributed by atoms with van der Waals surface area (Å²) in [7, 11) is 0. The molecule has 150 valence electrons. The molecule has 0 amide bonds. The van der Waals surface area contributed by atoms with Crippen molar-refractivity contribution in [2.45, 2.75) is 39.7 Å². The van der Waals surface area contributed by atoms with Gasteiger partial charge in [-0.1, -0.05) is 13.0 Å². The first-order valence-electron chi connectivity index (χ1n) is 9.60. The number of nitrogen functional groups attached to an aromatic ring is 1. The van der Waals surface area contributed by atoms with Crippen molar-refractivity contribution in [2.24, 2.45) is 5.73 Å². The average Bonchev–Trinajstić information content (AvgIpc) is 2.66. The van der Waals surface area contributed by atoms with E-state index in [1.165, 1.54) is 0 Å². The molecule has 0 aliphatic heterocycles. The molecule has 2 rings (SSSR count). The van der Waals surface area contributed by atoms with Crippen molar-refractivity contribution < 1.29 is 9.90 Å². The first-order chi connectivity index (χ1) is 13.3. The molecular formula is C22H30N4O2. The van der Waals surface area contributed by atoms with Crippen LogP contribution in [0.1, 0.15) is 43.9 Å². The Kier molecular flexibility index (Phi) is 6.67. The number of amidine groups is 1. The van der Waals surface area contributed by atoms with Crippen LogP contribution in [0.3, 0.4) is 0 Å². The van der Waals surface area contributed by atoms with Crippen molar-refractivity contribution in [3.63, 3.8) is 0 Å².